The summed E-state index contributed by atoms with van der Waals surface area (Å²) in [7, 11) is 0. The van der Waals surface area contributed by atoms with Crippen LogP contribution in [0.5, 0.6) is 0 Å². The van der Waals surface area contributed by atoms with Crippen molar-refractivity contribution in [3.63, 3.8) is 0 Å². The van der Waals surface area contributed by atoms with Crippen LogP contribution in [0, 0.1) is 13.8 Å². The molecule has 0 aliphatic carbocycles. The van der Waals surface area contributed by atoms with Gasteiger partial charge in [-0.25, -0.2) is 0 Å². The quantitative estimate of drug-likeness (QED) is 0.742. The first-order chi connectivity index (χ1) is 6.15. The number of aldehydes is 1. The summed E-state index contributed by atoms with van der Waals surface area (Å²) >= 11 is 3.53. The molecule has 0 saturated heterocycles. The van der Waals surface area contributed by atoms with Crippen LogP contribution in [0.2, 0.25) is 0 Å². The molecular weight excluding hydrogens is 228 g/mol. The predicted molar refractivity (Wildman–Crippen MR) is 58.0 cm³/mol. The molecular formula is C11H13BrO. The molecule has 0 aromatic heterocycles. The van der Waals surface area contributed by atoms with Crippen molar-refractivity contribution < 1.29 is 4.79 Å². The number of carbonyl (C=O) groups is 1. The Bertz CT molecular complexity index is 318. The molecule has 0 heterocycles. The Morgan fingerprint density at radius 2 is 2.08 bits per heavy atom. The maximum Gasteiger partial charge on any atom is 0.120 e. The summed E-state index contributed by atoms with van der Waals surface area (Å²) in [4.78, 5) is 10.2. The first kappa shape index (κ1) is 10.5. The standard InChI is InChI=1S/C11H13BrO/c1-8-6-9(2)11(12)10(7-8)4-3-5-13/h5-7H,3-4H2,1-2H3. The Balaban J connectivity index is 2.98. The van der Waals surface area contributed by atoms with Gasteiger partial charge >= 0.3 is 0 Å². The van der Waals surface area contributed by atoms with Crippen LogP contribution >= 0.6 is 15.9 Å². The van der Waals surface area contributed by atoms with Crippen LogP contribution in [0.3, 0.4) is 0 Å². The maximum atomic E-state index is 10.2. The molecule has 0 radical (unpaired) electrons. The Morgan fingerprint density at radius 3 is 2.69 bits per heavy atom. The van der Waals surface area contributed by atoms with E-state index in [-0.39, 0.29) is 0 Å². The highest BCUT2D eigenvalue weighted by Gasteiger charge is 2.03. The van der Waals surface area contributed by atoms with Crippen molar-refractivity contribution in [1.29, 1.82) is 0 Å². The number of carbonyl (C=O) groups excluding carboxylic acids is 1. The molecule has 1 aromatic carbocycles. The van der Waals surface area contributed by atoms with Crippen LogP contribution in [0.25, 0.3) is 0 Å². The molecule has 70 valence electrons. The molecule has 1 nitrogen and oxygen atoms in total. The number of hydrogen-bond donors (Lipinski definition) is 0. The molecule has 0 fully saturated rings. The SMILES string of the molecule is Cc1cc(C)c(Br)c(CCC=O)c1. The average molecular weight is 241 g/mol. The monoisotopic (exact) mass is 240 g/mol. The molecule has 0 aliphatic rings. The lowest BCUT2D eigenvalue weighted by Crippen LogP contribution is -1.91. The minimum Gasteiger partial charge on any atom is -0.303 e. The average Bonchev–Trinajstić information content (AvgIpc) is 2.09. The predicted octanol–water partition coefficient (Wildman–Crippen LogP) is 3.20. The Labute approximate surface area is 87.3 Å². The van der Waals surface area contributed by atoms with E-state index in [9.17, 15) is 4.79 Å². The third kappa shape index (κ3) is 2.66. The number of benzene rings is 1. The van der Waals surface area contributed by atoms with Crippen LogP contribution in [0.1, 0.15) is 23.1 Å². The van der Waals surface area contributed by atoms with Gasteiger partial charge in [0.25, 0.3) is 0 Å². The molecule has 0 aliphatic heterocycles. The second-order valence-electron chi connectivity index (χ2n) is 3.26. The molecule has 0 spiro atoms. The van der Waals surface area contributed by atoms with Gasteiger partial charge in [0.15, 0.2) is 0 Å². The first-order valence-electron chi connectivity index (χ1n) is 4.34. The lowest BCUT2D eigenvalue weighted by molar-refractivity contribution is -0.107. The molecule has 1 aromatic rings. The van der Waals surface area contributed by atoms with Gasteiger partial charge in [-0.05, 0) is 31.4 Å². The third-order valence-corrected chi connectivity index (χ3v) is 3.14. The fraction of sp³-hybridized carbons (Fsp3) is 0.364. The van der Waals surface area contributed by atoms with Crippen molar-refractivity contribution in [1.82, 2.24) is 0 Å². The fourth-order valence-electron chi connectivity index (χ4n) is 1.43. The van der Waals surface area contributed by atoms with Crippen molar-refractivity contribution >= 4 is 22.2 Å². The normalized spacial score (nSPS) is 10.1. The van der Waals surface area contributed by atoms with Crippen LogP contribution < -0.4 is 0 Å². The van der Waals surface area contributed by atoms with Gasteiger partial charge in [0, 0.05) is 10.9 Å². The van der Waals surface area contributed by atoms with Gasteiger partial charge < -0.3 is 4.79 Å². The highest BCUT2D eigenvalue weighted by atomic mass is 79.9. The van der Waals surface area contributed by atoms with Gasteiger partial charge in [-0.15, -0.1) is 0 Å². The highest BCUT2D eigenvalue weighted by Crippen LogP contribution is 2.23. The Morgan fingerprint density at radius 1 is 1.38 bits per heavy atom. The van der Waals surface area contributed by atoms with E-state index < -0.39 is 0 Å². The maximum absolute atomic E-state index is 10.2. The zero-order valence-corrected chi connectivity index (χ0v) is 9.52. The van der Waals surface area contributed by atoms with Crippen molar-refractivity contribution in [2.45, 2.75) is 26.7 Å². The number of halogens is 1. The van der Waals surface area contributed by atoms with Crippen LogP contribution in [-0.2, 0) is 11.2 Å². The van der Waals surface area contributed by atoms with E-state index >= 15 is 0 Å². The van der Waals surface area contributed by atoms with Gasteiger partial charge in [-0.3, -0.25) is 0 Å². The van der Waals surface area contributed by atoms with Crippen molar-refractivity contribution in [3.8, 4) is 0 Å². The molecule has 2 heteroatoms. The zero-order valence-electron chi connectivity index (χ0n) is 7.93. The molecule has 13 heavy (non-hydrogen) atoms. The molecule has 1 rings (SSSR count). The van der Waals surface area contributed by atoms with Gasteiger partial charge in [0.05, 0.1) is 0 Å². The van der Waals surface area contributed by atoms with Gasteiger partial charge in [0.1, 0.15) is 6.29 Å². The van der Waals surface area contributed by atoms with E-state index in [4.69, 9.17) is 0 Å². The molecule has 0 unspecified atom stereocenters. The summed E-state index contributed by atoms with van der Waals surface area (Å²) in [5.41, 5.74) is 3.71. The lowest BCUT2D eigenvalue weighted by Gasteiger charge is -2.07. The van der Waals surface area contributed by atoms with Gasteiger partial charge in [-0.2, -0.15) is 0 Å². The number of hydrogen-bond acceptors (Lipinski definition) is 1. The first-order valence-corrected chi connectivity index (χ1v) is 5.13. The zero-order chi connectivity index (χ0) is 9.84. The summed E-state index contributed by atoms with van der Waals surface area (Å²) in [6.07, 6.45) is 2.39. The second-order valence-corrected chi connectivity index (χ2v) is 4.05. The summed E-state index contributed by atoms with van der Waals surface area (Å²) in [5.74, 6) is 0. The Hall–Kier alpha value is -0.630. The van der Waals surface area contributed by atoms with Crippen LogP contribution in [-0.4, -0.2) is 6.29 Å². The molecule has 0 saturated carbocycles. The van der Waals surface area contributed by atoms with E-state index in [1.807, 2.05) is 0 Å². The fourth-order valence-corrected chi connectivity index (χ4v) is 1.86. The van der Waals surface area contributed by atoms with Crippen molar-refractivity contribution in [2.75, 3.05) is 0 Å². The van der Waals surface area contributed by atoms with E-state index in [1.165, 1.54) is 16.7 Å². The van der Waals surface area contributed by atoms with Crippen LogP contribution in [0.4, 0.5) is 0 Å². The van der Waals surface area contributed by atoms with Crippen molar-refractivity contribution in [2.24, 2.45) is 0 Å². The van der Waals surface area contributed by atoms with Crippen LogP contribution in [0.15, 0.2) is 16.6 Å². The van der Waals surface area contributed by atoms with Gasteiger partial charge in [-0.1, -0.05) is 33.6 Å². The largest absolute Gasteiger partial charge is 0.303 e. The minimum atomic E-state index is 0.599. The summed E-state index contributed by atoms with van der Waals surface area (Å²) in [6.45, 7) is 4.14. The van der Waals surface area contributed by atoms with E-state index in [0.29, 0.717) is 6.42 Å². The summed E-state index contributed by atoms with van der Waals surface area (Å²) in [6, 6.07) is 4.26. The topological polar surface area (TPSA) is 17.1 Å². The molecule has 0 amide bonds. The summed E-state index contributed by atoms with van der Waals surface area (Å²) in [5, 5.41) is 0. The van der Waals surface area contributed by atoms with Crippen molar-refractivity contribution in [3.05, 3.63) is 33.3 Å². The third-order valence-electron chi connectivity index (χ3n) is 2.01. The number of aryl methyl sites for hydroxylation is 3. The summed E-state index contributed by atoms with van der Waals surface area (Å²) < 4.78 is 1.14. The minimum absolute atomic E-state index is 0.599. The number of rotatable bonds is 3. The molecule has 0 atom stereocenters. The smallest absolute Gasteiger partial charge is 0.120 e. The van der Waals surface area contributed by atoms with E-state index in [2.05, 4.69) is 41.9 Å². The molecule has 0 N–H and O–H groups in total. The Kier molecular flexibility index (Phi) is 3.67. The lowest BCUT2D eigenvalue weighted by atomic mass is 10.0. The van der Waals surface area contributed by atoms with Gasteiger partial charge in [0.2, 0.25) is 0 Å². The second kappa shape index (κ2) is 4.56. The van der Waals surface area contributed by atoms with E-state index in [0.717, 1.165) is 17.2 Å². The van der Waals surface area contributed by atoms with E-state index in [1.54, 1.807) is 0 Å². The highest BCUT2D eigenvalue weighted by molar-refractivity contribution is 9.10. The molecule has 0 bridgehead atoms.